The SMILES string of the molecule is CCCCNC(=S)SCCCC.[KH]. The number of rotatable bonds is 6. The normalized spacial score (nSPS) is 9.08. The van der Waals surface area contributed by atoms with E-state index in [9.17, 15) is 0 Å². The van der Waals surface area contributed by atoms with Crippen molar-refractivity contribution in [3.05, 3.63) is 0 Å². The van der Waals surface area contributed by atoms with Gasteiger partial charge < -0.3 is 5.32 Å². The molecule has 0 bridgehead atoms. The summed E-state index contributed by atoms with van der Waals surface area (Å²) in [6.45, 7) is 5.43. The minimum absolute atomic E-state index is 0. The molecule has 13 heavy (non-hydrogen) atoms. The summed E-state index contributed by atoms with van der Waals surface area (Å²) < 4.78 is 0.969. The van der Waals surface area contributed by atoms with Gasteiger partial charge in [-0.25, -0.2) is 0 Å². The number of hydrogen-bond acceptors (Lipinski definition) is 2. The van der Waals surface area contributed by atoms with Crippen molar-refractivity contribution in [2.24, 2.45) is 0 Å². The number of thiocarbonyl (C=S) groups is 1. The average molecular weight is 245 g/mol. The molecular weight excluding hydrogens is 225 g/mol. The molecule has 1 nitrogen and oxygen atoms in total. The van der Waals surface area contributed by atoms with Crippen molar-refractivity contribution in [3.63, 3.8) is 0 Å². The Kier molecular flexibility index (Phi) is 18.4. The molecule has 0 aliphatic rings. The van der Waals surface area contributed by atoms with Crippen LogP contribution in [0.3, 0.4) is 0 Å². The molecule has 0 rings (SSSR count). The molecule has 0 aromatic rings. The van der Waals surface area contributed by atoms with E-state index >= 15 is 0 Å². The fourth-order valence-electron chi connectivity index (χ4n) is 0.727. The van der Waals surface area contributed by atoms with Gasteiger partial charge in [0.2, 0.25) is 0 Å². The van der Waals surface area contributed by atoms with E-state index in [1.165, 1.54) is 25.7 Å². The van der Waals surface area contributed by atoms with Crippen LogP contribution in [0.1, 0.15) is 39.5 Å². The van der Waals surface area contributed by atoms with Crippen LogP contribution in [0.15, 0.2) is 0 Å². The number of thioether (sulfide) groups is 1. The first kappa shape index (κ1) is 17.3. The summed E-state index contributed by atoms with van der Waals surface area (Å²) in [5, 5.41) is 3.24. The second kappa shape index (κ2) is 13.9. The van der Waals surface area contributed by atoms with Gasteiger partial charge in [-0.15, -0.1) is 0 Å². The van der Waals surface area contributed by atoms with Crippen LogP contribution in [-0.4, -0.2) is 68.0 Å². The molecule has 0 atom stereocenters. The Morgan fingerprint density at radius 3 is 2.38 bits per heavy atom. The van der Waals surface area contributed by atoms with Crippen LogP contribution in [0.2, 0.25) is 0 Å². The van der Waals surface area contributed by atoms with Crippen LogP contribution < -0.4 is 5.32 Å². The van der Waals surface area contributed by atoms with Gasteiger partial charge in [-0.1, -0.05) is 50.7 Å². The molecule has 0 unspecified atom stereocenters. The molecule has 0 aliphatic heterocycles. The van der Waals surface area contributed by atoms with Crippen molar-refractivity contribution in [3.8, 4) is 0 Å². The van der Waals surface area contributed by atoms with Gasteiger partial charge in [-0.2, -0.15) is 0 Å². The second-order valence-electron chi connectivity index (χ2n) is 2.77. The summed E-state index contributed by atoms with van der Waals surface area (Å²) in [5.74, 6) is 1.16. The van der Waals surface area contributed by atoms with E-state index in [0.29, 0.717) is 0 Å². The van der Waals surface area contributed by atoms with Gasteiger partial charge in [-0.3, -0.25) is 0 Å². The van der Waals surface area contributed by atoms with E-state index in [4.69, 9.17) is 12.2 Å². The summed E-state index contributed by atoms with van der Waals surface area (Å²) in [6.07, 6.45) is 4.97. The first-order valence-electron chi connectivity index (χ1n) is 4.71. The molecule has 0 amide bonds. The molecule has 0 aromatic heterocycles. The molecule has 4 heteroatoms. The molecule has 0 saturated heterocycles. The minimum atomic E-state index is 0. The van der Waals surface area contributed by atoms with Gasteiger partial charge in [0.1, 0.15) is 4.32 Å². The summed E-state index contributed by atoms with van der Waals surface area (Å²) in [5.41, 5.74) is 0. The number of unbranched alkanes of at least 4 members (excludes halogenated alkanes) is 2. The van der Waals surface area contributed by atoms with E-state index in [1.54, 1.807) is 11.8 Å². The van der Waals surface area contributed by atoms with Crippen LogP contribution in [0, 0.1) is 0 Å². The summed E-state index contributed by atoms with van der Waals surface area (Å²) in [4.78, 5) is 0. The molecule has 0 aromatic carbocycles. The molecule has 0 heterocycles. The Hall–Kier alpha value is 1.88. The van der Waals surface area contributed by atoms with Crippen molar-refractivity contribution >= 4 is 79.7 Å². The Morgan fingerprint density at radius 2 is 1.85 bits per heavy atom. The first-order chi connectivity index (χ1) is 5.81. The summed E-state index contributed by atoms with van der Waals surface area (Å²) in [6, 6.07) is 0. The van der Waals surface area contributed by atoms with E-state index in [0.717, 1.165) is 16.6 Å². The quantitative estimate of drug-likeness (QED) is 0.439. The maximum absolute atomic E-state index is 5.13. The Morgan fingerprint density at radius 1 is 1.23 bits per heavy atom. The van der Waals surface area contributed by atoms with Crippen molar-refractivity contribution in [2.45, 2.75) is 39.5 Å². The molecule has 74 valence electrons. The van der Waals surface area contributed by atoms with E-state index in [-0.39, 0.29) is 51.4 Å². The predicted octanol–water partition coefficient (Wildman–Crippen LogP) is 2.55. The zero-order valence-corrected chi connectivity index (χ0v) is 9.69. The average Bonchev–Trinajstić information content (AvgIpc) is 2.06. The van der Waals surface area contributed by atoms with Crippen LogP contribution in [0.5, 0.6) is 0 Å². The Bertz CT molecular complexity index is 108. The third-order valence-corrected chi connectivity index (χ3v) is 2.93. The summed E-state index contributed by atoms with van der Waals surface area (Å²) >= 11 is 6.90. The van der Waals surface area contributed by atoms with Crippen molar-refractivity contribution in [2.75, 3.05) is 12.3 Å². The number of hydrogen-bond donors (Lipinski definition) is 1. The molecule has 0 fully saturated rings. The Labute approximate surface area is 135 Å². The van der Waals surface area contributed by atoms with E-state index in [1.807, 2.05) is 0 Å². The third-order valence-electron chi connectivity index (χ3n) is 1.53. The number of nitrogens with one attached hydrogen (secondary N) is 1. The maximum atomic E-state index is 5.13. The monoisotopic (exact) mass is 245 g/mol. The topological polar surface area (TPSA) is 12.0 Å². The molecular formula is C9H20KNS2. The van der Waals surface area contributed by atoms with Gasteiger partial charge >= 0.3 is 51.4 Å². The second-order valence-corrected chi connectivity index (χ2v) is 4.54. The van der Waals surface area contributed by atoms with Crippen molar-refractivity contribution in [1.82, 2.24) is 5.32 Å². The van der Waals surface area contributed by atoms with E-state index < -0.39 is 0 Å². The van der Waals surface area contributed by atoms with Gasteiger partial charge in [0, 0.05) is 12.3 Å². The first-order valence-corrected chi connectivity index (χ1v) is 6.11. The predicted molar refractivity (Wildman–Crippen MR) is 70.0 cm³/mol. The molecule has 0 spiro atoms. The molecule has 0 saturated carbocycles. The van der Waals surface area contributed by atoms with E-state index in [2.05, 4.69) is 19.2 Å². The molecule has 1 N–H and O–H groups in total. The zero-order valence-electron chi connectivity index (χ0n) is 8.06. The fourth-order valence-corrected chi connectivity index (χ4v) is 1.90. The molecule has 0 radical (unpaired) electrons. The van der Waals surface area contributed by atoms with Gasteiger partial charge in [0.15, 0.2) is 0 Å². The van der Waals surface area contributed by atoms with Crippen molar-refractivity contribution in [1.29, 1.82) is 0 Å². The van der Waals surface area contributed by atoms with Crippen LogP contribution in [0.25, 0.3) is 0 Å². The van der Waals surface area contributed by atoms with Gasteiger partial charge in [-0.05, 0) is 12.8 Å². The van der Waals surface area contributed by atoms with Crippen LogP contribution in [-0.2, 0) is 0 Å². The molecule has 0 aliphatic carbocycles. The van der Waals surface area contributed by atoms with Gasteiger partial charge in [0.05, 0.1) is 0 Å². The Balaban J connectivity index is 0. The zero-order chi connectivity index (χ0) is 9.23. The standard InChI is InChI=1S/C9H19NS2.K.H/c1-3-5-7-10-9(11)12-8-6-4-2;;/h3-8H2,1-2H3,(H,10,11);;. The summed E-state index contributed by atoms with van der Waals surface area (Å²) in [7, 11) is 0. The van der Waals surface area contributed by atoms with Gasteiger partial charge in [0.25, 0.3) is 0 Å². The van der Waals surface area contributed by atoms with Crippen LogP contribution >= 0.6 is 24.0 Å². The third kappa shape index (κ3) is 13.9. The fraction of sp³-hybridized carbons (Fsp3) is 0.889. The van der Waals surface area contributed by atoms with Crippen LogP contribution in [0.4, 0.5) is 0 Å². The van der Waals surface area contributed by atoms with Crippen molar-refractivity contribution < 1.29 is 0 Å².